The lowest BCUT2D eigenvalue weighted by molar-refractivity contribution is 0.0118. The molecule has 3 atom stereocenters. The van der Waals surface area contributed by atoms with E-state index in [1.807, 2.05) is 0 Å². The molecular formula is C18H30N2. The molecule has 2 heteroatoms. The van der Waals surface area contributed by atoms with Gasteiger partial charge in [0.15, 0.2) is 0 Å². The topological polar surface area (TPSA) is 29.3 Å². The third-order valence-electron chi connectivity index (χ3n) is 5.16. The van der Waals surface area contributed by atoms with Crippen LogP contribution in [0.2, 0.25) is 0 Å². The molecule has 0 amide bonds. The van der Waals surface area contributed by atoms with E-state index in [9.17, 15) is 0 Å². The molecule has 1 saturated heterocycles. The first-order chi connectivity index (χ1) is 9.61. The van der Waals surface area contributed by atoms with E-state index in [1.54, 1.807) is 0 Å². The summed E-state index contributed by atoms with van der Waals surface area (Å²) in [6, 6.07) is 11.5. The second-order valence-corrected chi connectivity index (χ2v) is 6.62. The van der Waals surface area contributed by atoms with Gasteiger partial charge in [0.2, 0.25) is 0 Å². The number of benzene rings is 1. The number of likely N-dealkylation sites (tertiary alicyclic amines) is 1. The van der Waals surface area contributed by atoms with Crippen molar-refractivity contribution in [3.8, 4) is 0 Å². The number of hydrogen-bond donors (Lipinski definition) is 1. The van der Waals surface area contributed by atoms with Gasteiger partial charge in [0, 0.05) is 18.1 Å². The standard InChI is InChI=1S/C18H30N2/c1-4-18(14-19,13-17-8-6-5-7-9-17)20-11-10-15(2)12-16(20)3/h5-9,15-16H,4,10-14,19H2,1-3H3. The Hall–Kier alpha value is -0.860. The lowest BCUT2D eigenvalue weighted by Gasteiger charge is -2.50. The van der Waals surface area contributed by atoms with E-state index >= 15 is 0 Å². The maximum atomic E-state index is 6.25. The van der Waals surface area contributed by atoms with Gasteiger partial charge in [0.25, 0.3) is 0 Å². The Morgan fingerprint density at radius 3 is 2.50 bits per heavy atom. The summed E-state index contributed by atoms with van der Waals surface area (Å²) in [4.78, 5) is 2.69. The van der Waals surface area contributed by atoms with Crippen molar-refractivity contribution in [1.82, 2.24) is 4.90 Å². The molecule has 0 spiro atoms. The van der Waals surface area contributed by atoms with E-state index in [0.29, 0.717) is 6.04 Å². The Morgan fingerprint density at radius 2 is 1.95 bits per heavy atom. The molecule has 0 aromatic heterocycles. The van der Waals surface area contributed by atoms with Gasteiger partial charge >= 0.3 is 0 Å². The Bertz CT molecular complexity index is 397. The molecule has 1 fully saturated rings. The van der Waals surface area contributed by atoms with Crippen LogP contribution in [0.25, 0.3) is 0 Å². The molecule has 3 unspecified atom stereocenters. The van der Waals surface area contributed by atoms with Crippen LogP contribution in [0.3, 0.4) is 0 Å². The lowest BCUT2D eigenvalue weighted by Crippen LogP contribution is -2.60. The predicted molar refractivity (Wildman–Crippen MR) is 86.8 cm³/mol. The average molecular weight is 274 g/mol. The molecule has 2 N–H and O–H groups in total. The van der Waals surface area contributed by atoms with Gasteiger partial charge in [-0.1, -0.05) is 44.2 Å². The van der Waals surface area contributed by atoms with Crippen LogP contribution in [-0.4, -0.2) is 29.6 Å². The fourth-order valence-electron chi connectivity index (χ4n) is 3.85. The van der Waals surface area contributed by atoms with Gasteiger partial charge in [0.1, 0.15) is 0 Å². The van der Waals surface area contributed by atoms with E-state index in [0.717, 1.165) is 25.3 Å². The molecule has 0 radical (unpaired) electrons. The van der Waals surface area contributed by atoms with Gasteiger partial charge in [-0.05, 0) is 50.6 Å². The minimum atomic E-state index is 0.126. The van der Waals surface area contributed by atoms with Crippen molar-refractivity contribution in [2.75, 3.05) is 13.1 Å². The number of nitrogens with zero attached hydrogens (tertiary/aromatic N) is 1. The average Bonchev–Trinajstić information content (AvgIpc) is 2.46. The maximum absolute atomic E-state index is 6.25. The highest BCUT2D eigenvalue weighted by atomic mass is 15.2. The normalized spacial score (nSPS) is 27.2. The molecule has 1 aliphatic rings. The van der Waals surface area contributed by atoms with E-state index in [2.05, 4.69) is 56.0 Å². The second kappa shape index (κ2) is 6.73. The van der Waals surface area contributed by atoms with Gasteiger partial charge in [-0.3, -0.25) is 4.90 Å². The fraction of sp³-hybridized carbons (Fsp3) is 0.667. The van der Waals surface area contributed by atoms with E-state index in [1.165, 1.54) is 24.9 Å². The first kappa shape index (κ1) is 15.5. The van der Waals surface area contributed by atoms with Crippen LogP contribution in [-0.2, 0) is 6.42 Å². The van der Waals surface area contributed by atoms with Crippen molar-refractivity contribution in [3.05, 3.63) is 35.9 Å². The molecule has 1 aliphatic heterocycles. The summed E-state index contributed by atoms with van der Waals surface area (Å²) in [6.45, 7) is 8.99. The predicted octanol–water partition coefficient (Wildman–Crippen LogP) is 3.46. The summed E-state index contributed by atoms with van der Waals surface area (Å²) in [6.07, 6.45) is 4.80. The summed E-state index contributed by atoms with van der Waals surface area (Å²) in [5, 5.41) is 0. The highest BCUT2D eigenvalue weighted by molar-refractivity contribution is 5.18. The van der Waals surface area contributed by atoms with Gasteiger partial charge in [-0.25, -0.2) is 0 Å². The van der Waals surface area contributed by atoms with Gasteiger partial charge in [-0.15, -0.1) is 0 Å². The molecule has 20 heavy (non-hydrogen) atoms. The summed E-state index contributed by atoms with van der Waals surface area (Å²) in [5.41, 5.74) is 7.79. The molecular weight excluding hydrogens is 244 g/mol. The molecule has 112 valence electrons. The molecule has 2 nitrogen and oxygen atoms in total. The number of nitrogens with two attached hydrogens (primary N) is 1. The fourth-order valence-corrected chi connectivity index (χ4v) is 3.85. The maximum Gasteiger partial charge on any atom is 0.0372 e. The molecule has 1 heterocycles. The zero-order valence-corrected chi connectivity index (χ0v) is 13.3. The first-order valence-electron chi connectivity index (χ1n) is 8.12. The number of rotatable bonds is 5. The van der Waals surface area contributed by atoms with Crippen molar-refractivity contribution in [2.24, 2.45) is 11.7 Å². The molecule has 1 aromatic carbocycles. The number of hydrogen-bond acceptors (Lipinski definition) is 2. The zero-order valence-electron chi connectivity index (χ0n) is 13.3. The van der Waals surface area contributed by atoms with Crippen molar-refractivity contribution < 1.29 is 0 Å². The molecule has 2 rings (SSSR count). The molecule has 0 saturated carbocycles. The van der Waals surface area contributed by atoms with Crippen LogP contribution < -0.4 is 5.73 Å². The van der Waals surface area contributed by atoms with Crippen LogP contribution in [0.4, 0.5) is 0 Å². The SMILES string of the molecule is CCC(CN)(Cc1ccccc1)N1CCC(C)CC1C. The minimum Gasteiger partial charge on any atom is -0.329 e. The Kier molecular flexibility index (Phi) is 5.22. The van der Waals surface area contributed by atoms with Crippen LogP contribution >= 0.6 is 0 Å². The van der Waals surface area contributed by atoms with Crippen molar-refractivity contribution in [1.29, 1.82) is 0 Å². The van der Waals surface area contributed by atoms with Crippen molar-refractivity contribution in [2.45, 2.75) is 58.0 Å². The molecule has 1 aromatic rings. The van der Waals surface area contributed by atoms with Crippen LogP contribution in [0.15, 0.2) is 30.3 Å². The summed E-state index contributed by atoms with van der Waals surface area (Å²) >= 11 is 0. The van der Waals surface area contributed by atoms with Crippen LogP contribution in [0.1, 0.15) is 45.6 Å². The van der Waals surface area contributed by atoms with E-state index < -0.39 is 0 Å². The summed E-state index contributed by atoms with van der Waals surface area (Å²) in [5.74, 6) is 0.852. The van der Waals surface area contributed by atoms with Crippen LogP contribution in [0, 0.1) is 5.92 Å². The van der Waals surface area contributed by atoms with Gasteiger partial charge in [0.05, 0.1) is 0 Å². The Labute approximate surface area is 124 Å². The highest BCUT2D eigenvalue weighted by Gasteiger charge is 2.38. The smallest absolute Gasteiger partial charge is 0.0372 e. The largest absolute Gasteiger partial charge is 0.329 e. The minimum absolute atomic E-state index is 0.126. The van der Waals surface area contributed by atoms with Crippen molar-refractivity contribution >= 4 is 0 Å². The lowest BCUT2D eigenvalue weighted by atomic mass is 9.81. The quantitative estimate of drug-likeness (QED) is 0.891. The van der Waals surface area contributed by atoms with Crippen LogP contribution in [0.5, 0.6) is 0 Å². The van der Waals surface area contributed by atoms with Crippen molar-refractivity contribution in [3.63, 3.8) is 0 Å². The summed E-state index contributed by atoms with van der Waals surface area (Å²) in [7, 11) is 0. The number of piperidine rings is 1. The first-order valence-corrected chi connectivity index (χ1v) is 8.12. The van der Waals surface area contributed by atoms with Gasteiger partial charge < -0.3 is 5.73 Å². The summed E-state index contributed by atoms with van der Waals surface area (Å²) < 4.78 is 0. The zero-order chi connectivity index (χ0) is 14.6. The monoisotopic (exact) mass is 274 g/mol. The molecule has 0 bridgehead atoms. The Morgan fingerprint density at radius 1 is 1.25 bits per heavy atom. The Balaban J connectivity index is 2.20. The van der Waals surface area contributed by atoms with Gasteiger partial charge in [-0.2, -0.15) is 0 Å². The molecule has 0 aliphatic carbocycles. The highest BCUT2D eigenvalue weighted by Crippen LogP contribution is 2.32. The third kappa shape index (κ3) is 3.24. The second-order valence-electron chi connectivity index (χ2n) is 6.62. The third-order valence-corrected chi connectivity index (χ3v) is 5.16. The van der Waals surface area contributed by atoms with E-state index in [-0.39, 0.29) is 5.54 Å². The van der Waals surface area contributed by atoms with E-state index in [4.69, 9.17) is 5.73 Å².